The summed E-state index contributed by atoms with van der Waals surface area (Å²) in [7, 11) is 7.57. The van der Waals surface area contributed by atoms with Crippen LogP contribution in [0.2, 0.25) is 0 Å². The number of ether oxygens (including phenoxy) is 2. The first kappa shape index (κ1) is 13.7. The number of aromatic nitrogens is 1. The Balaban J connectivity index is 2.45. The maximum absolute atomic E-state index is 5.46. The van der Waals surface area contributed by atoms with Gasteiger partial charge in [-0.2, -0.15) is 0 Å². The van der Waals surface area contributed by atoms with Gasteiger partial charge < -0.3 is 18.9 Å². The van der Waals surface area contributed by atoms with E-state index in [1.807, 2.05) is 12.1 Å². The van der Waals surface area contributed by atoms with E-state index in [0.717, 1.165) is 23.4 Å². The number of benzene rings is 1. The van der Waals surface area contributed by atoms with E-state index in [2.05, 4.69) is 42.7 Å². The van der Waals surface area contributed by atoms with Crippen LogP contribution in [0.5, 0.6) is 11.5 Å². The van der Waals surface area contributed by atoms with Gasteiger partial charge in [-0.15, -0.1) is 0 Å². The van der Waals surface area contributed by atoms with Crippen molar-refractivity contribution in [1.82, 2.24) is 9.47 Å². The van der Waals surface area contributed by atoms with Gasteiger partial charge in [0.1, 0.15) is 11.5 Å². The predicted molar refractivity (Wildman–Crippen MR) is 78.2 cm³/mol. The molecule has 0 saturated carbocycles. The fraction of sp³-hybridized carbons (Fsp3) is 0.467. The van der Waals surface area contributed by atoms with Gasteiger partial charge in [-0.3, -0.25) is 0 Å². The monoisotopic (exact) mass is 262 g/mol. The Labute approximate surface area is 114 Å². The summed E-state index contributed by atoms with van der Waals surface area (Å²) in [6, 6.07) is 6.55. The van der Waals surface area contributed by atoms with E-state index in [1.54, 1.807) is 14.2 Å². The topological polar surface area (TPSA) is 26.6 Å². The van der Waals surface area contributed by atoms with Gasteiger partial charge in [-0.05, 0) is 39.2 Å². The van der Waals surface area contributed by atoms with Crippen LogP contribution in [-0.4, -0.2) is 43.8 Å². The number of nitrogens with zero attached hydrogens (tertiary/aromatic N) is 2. The molecule has 0 N–H and O–H groups in total. The molecule has 0 aliphatic carbocycles. The molecule has 104 valence electrons. The second-order valence-electron chi connectivity index (χ2n) is 5.05. The Hall–Kier alpha value is -1.68. The summed E-state index contributed by atoms with van der Waals surface area (Å²) >= 11 is 0. The van der Waals surface area contributed by atoms with Crippen LogP contribution in [0.25, 0.3) is 10.9 Å². The number of rotatable bonds is 5. The van der Waals surface area contributed by atoms with E-state index in [-0.39, 0.29) is 0 Å². The van der Waals surface area contributed by atoms with Crippen LogP contribution >= 0.6 is 0 Å². The van der Waals surface area contributed by atoms with Crippen molar-refractivity contribution in [1.29, 1.82) is 0 Å². The van der Waals surface area contributed by atoms with Gasteiger partial charge in [0.15, 0.2) is 0 Å². The molecule has 0 fully saturated rings. The van der Waals surface area contributed by atoms with Crippen molar-refractivity contribution in [2.75, 3.05) is 28.3 Å². The van der Waals surface area contributed by atoms with E-state index < -0.39 is 0 Å². The van der Waals surface area contributed by atoms with Crippen LogP contribution < -0.4 is 9.47 Å². The standard InChI is InChI=1S/C15H22N2O2/c1-11(16(2)3)9-17-10-15(19-5)13-8-12(18-4)6-7-14(13)17/h6-8,10-11H,9H2,1-5H3/t11-/m1/s1. The van der Waals surface area contributed by atoms with Crippen molar-refractivity contribution in [3.8, 4) is 11.5 Å². The van der Waals surface area contributed by atoms with E-state index in [4.69, 9.17) is 9.47 Å². The minimum atomic E-state index is 0.461. The van der Waals surface area contributed by atoms with Gasteiger partial charge in [0.05, 0.1) is 19.7 Å². The quantitative estimate of drug-likeness (QED) is 0.828. The third kappa shape index (κ3) is 2.68. The SMILES string of the molecule is COc1ccc2c(c1)c(OC)cn2C[C@@H](C)N(C)C. The zero-order valence-electron chi connectivity index (χ0n) is 12.3. The number of methoxy groups -OCH3 is 2. The predicted octanol–water partition coefficient (Wildman–Crippen LogP) is 2.61. The first-order chi connectivity index (χ1) is 9.06. The summed E-state index contributed by atoms with van der Waals surface area (Å²) < 4.78 is 13.0. The van der Waals surface area contributed by atoms with Gasteiger partial charge in [0.2, 0.25) is 0 Å². The normalized spacial score (nSPS) is 12.9. The number of fused-ring (bicyclic) bond motifs is 1. The van der Waals surface area contributed by atoms with E-state index >= 15 is 0 Å². The Morgan fingerprint density at radius 3 is 2.53 bits per heavy atom. The molecule has 0 spiro atoms. The Kier molecular flexibility index (Phi) is 4.00. The molecule has 0 amide bonds. The maximum atomic E-state index is 5.46. The maximum Gasteiger partial charge on any atom is 0.144 e. The minimum absolute atomic E-state index is 0.461. The van der Waals surface area contributed by atoms with Crippen LogP contribution in [0, 0.1) is 0 Å². The fourth-order valence-corrected chi connectivity index (χ4v) is 2.13. The van der Waals surface area contributed by atoms with Crippen LogP contribution in [0.3, 0.4) is 0 Å². The third-order valence-electron chi connectivity index (χ3n) is 3.61. The highest BCUT2D eigenvalue weighted by atomic mass is 16.5. The molecule has 0 saturated heterocycles. The van der Waals surface area contributed by atoms with Gasteiger partial charge in [-0.1, -0.05) is 0 Å². The summed E-state index contributed by atoms with van der Waals surface area (Å²) in [5.41, 5.74) is 1.17. The molecule has 1 heterocycles. The molecule has 1 aromatic heterocycles. The zero-order chi connectivity index (χ0) is 14.0. The molecule has 0 aliphatic heterocycles. The van der Waals surface area contributed by atoms with E-state index in [9.17, 15) is 0 Å². The van der Waals surface area contributed by atoms with E-state index in [1.165, 1.54) is 5.52 Å². The second-order valence-corrected chi connectivity index (χ2v) is 5.05. The smallest absolute Gasteiger partial charge is 0.144 e. The molecule has 2 aromatic rings. The Morgan fingerprint density at radius 1 is 1.21 bits per heavy atom. The first-order valence-electron chi connectivity index (χ1n) is 6.44. The minimum Gasteiger partial charge on any atom is -0.497 e. The molecule has 4 nitrogen and oxygen atoms in total. The summed E-state index contributed by atoms with van der Waals surface area (Å²) in [4.78, 5) is 2.21. The van der Waals surface area contributed by atoms with Gasteiger partial charge >= 0.3 is 0 Å². The van der Waals surface area contributed by atoms with Crippen LogP contribution in [0.15, 0.2) is 24.4 Å². The molecule has 2 rings (SSSR count). The zero-order valence-corrected chi connectivity index (χ0v) is 12.3. The van der Waals surface area contributed by atoms with Gasteiger partial charge in [0, 0.05) is 24.2 Å². The van der Waals surface area contributed by atoms with Crippen LogP contribution in [-0.2, 0) is 6.54 Å². The summed E-state index contributed by atoms with van der Waals surface area (Å²) in [5, 5.41) is 1.09. The Morgan fingerprint density at radius 2 is 1.95 bits per heavy atom. The fourth-order valence-electron chi connectivity index (χ4n) is 2.13. The molecular weight excluding hydrogens is 240 g/mol. The lowest BCUT2D eigenvalue weighted by Crippen LogP contribution is -2.28. The van der Waals surface area contributed by atoms with Gasteiger partial charge in [0.25, 0.3) is 0 Å². The van der Waals surface area contributed by atoms with Gasteiger partial charge in [-0.25, -0.2) is 0 Å². The van der Waals surface area contributed by atoms with Crippen molar-refractivity contribution < 1.29 is 9.47 Å². The molecule has 1 aromatic carbocycles. The number of likely N-dealkylation sites (N-methyl/N-ethyl adjacent to an activating group) is 1. The van der Waals surface area contributed by atoms with Crippen molar-refractivity contribution in [3.05, 3.63) is 24.4 Å². The Bertz CT molecular complexity index is 561. The second kappa shape index (κ2) is 5.53. The van der Waals surface area contributed by atoms with Crippen molar-refractivity contribution >= 4 is 10.9 Å². The van der Waals surface area contributed by atoms with E-state index in [0.29, 0.717) is 6.04 Å². The summed E-state index contributed by atoms with van der Waals surface area (Å²) in [5.74, 6) is 1.74. The molecule has 1 atom stereocenters. The third-order valence-corrected chi connectivity index (χ3v) is 3.61. The van der Waals surface area contributed by atoms with Crippen LogP contribution in [0.4, 0.5) is 0 Å². The molecule has 19 heavy (non-hydrogen) atoms. The average molecular weight is 262 g/mol. The largest absolute Gasteiger partial charge is 0.497 e. The van der Waals surface area contributed by atoms with Crippen molar-refractivity contribution in [3.63, 3.8) is 0 Å². The summed E-state index contributed by atoms with van der Waals surface area (Å²) in [6.45, 7) is 3.14. The lowest BCUT2D eigenvalue weighted by molar-refractivity contribution is 0.285. The first-order valence-corrected chi connectivity index (χ1v) is 6.44. The van der Waals surface area contributed by atoms with Crippen molar-refractivity contribution in [2.45, 2.75) is 19.5 Å². The highest BCUT2D eigenvalue weighted by Crippen LogP contribution is 2.31. The highest BCUT2D eigenvalue weighted by molar-refractivity contribution is 5.88. The molecule has 4 heteroatoms. The molecular formula is C15H22N2O2. The number of hydrogen-bond donors (Lipinski definition) is 0. The number of hydrogen-bond acceptors (Lipinski definition) is 3. The van der Waals surface area contributed by atoms with Crippen LogP contribution in [0.1, 0.15) is 6.92 Å². The highest BCUT2D eigenvalue weighted by Gasteiger charge is 2.13. The molecule has 0 radical (unpaired) electrons. The summed E-state index contributed by atoms with van der Waals surface area (Å²) in [6.07, 6.45) is 2.06. The molecule has 0 aliphatic rings. The molecule has 0 bridgehead atoms. The lowest BCUT2D eigenvalue weighted by Gasteiger charge is -2.20. The lowest BCUT2D eigenvalue weighted by atomic mass is 10.2. The molecule has 0 unspecified atom stereocenters. The van der Waals surface area contributed by atoms with Crippen molar-refractivity contribution in [2.24, 2.45) is 0 Å². The average Bonchev–Trinajstić information content (AvgIpc) is 2.75.